The van der Waals surface area contributed by atoms with Crippen LogP contribution in [-0.2, 0) is 21.1 Å². The van der Waals surface area contributed by atoms with Crippen LogP contribution in [0.4, 0.5) is 14.5 Å². The molecule has 0 radical (unpaired) electrons. The number of sulfone groups is 1. The summed E-state index contributed by atoms with van der Waals surface area (Å²) in [5.74, 6) is -1.50. The summed E-state index contributed by atoms with van der Waals surface area (Å²) < 4.78 is 56.1. The molecule has 0 unspecified atom stereocenters. The molecule has 2 aromatic carbocycles. The molecule has 0 atom stereocenters. The maximum absolute atomic E-state index is 13.8. The van der Waals surface area contributed by atoms with Gasteiger partial charge in [-0.1, -0.05) is 13.0 Å². The molecule has 1 N–H and O–H groups in total. The van der Waals surface area contributed by atoms with Gasteiger partial charge in [0.15, 0.2) is 21.5 Å². The molecule has 0 aliphatic heterocycles. The number of oxazole rings is 1. The third-order valence-corrected chi connectivity index (χ3v) is 5.91. The summed E-state index contributed by atoms with van der Waals surface area (Å²) in [6, 6.07) is 9.12. The van der Waals surface area contributed by atoms with Gasteiger partial charge >= 0.3 is 0 Å². The number of hydrogen-bond donors (Lipinski definition) is 1. The summed E-state index contributed by atoms with van der Waals surface area (Å²) in [6.07, 6.45) is 1.49. The maximum Gasteiger partial charge on any atom is 0.224 e. The van der Waals surface area contributed by atoms with Crippen molar-refractivity contribution in [1.29, 1.82) is 0 Å². The van der Waals surface area contributed by atoms with E-state index in [2.05, 4.69) is 10.3 Å². The van der Waals surface area contributed by atoms with Crippen LogP contribution in [0, 0.1) is 11.6 Å². The van der Waals surface area contributed by atoms with Crippen molar-refractivity contribution < 1.29 is 26.4 Å². The number of amides is 1. The summed E-state index contributed by atoms with van der Waals surface area (Å²) in [5.41, 5.74) is 0.439. The van der Waals surface area contributed by atoms with Crippen molar-refractivity contribution in [3.8, 4) is 11.3 Å². The topological polar surface area (TPSA) is 89.3 Å². The number of carbonyl (C=O) groups excluding carboxylic acids is 1. The van der Waals surface area contributed by atoms with E-state index in [1.807, 2.05) is 0 Å². The van der Waals surface area contributed by atoms with E-state index in [-0.39, 0.29) is 46.6 Å². The Balaban J connectivity index is 1.62. The Hall–Kier alpha value is -3.07. The van der Waals surface area contributed by atoms with Crippen LogP contribution < -0.4 is 5.32 Å². The van der Waals surface area contributed by atoms with E-state index in [0.717, 1.165) is 12.1 Å². The average molecular weight is 420 g/mol. The zero-order valence-corrected chi connectivity index (χ0v) is 16.3. The summed E-state index contributed by atoms with van der Waals surface area (Å²) >= 11 is 0. The zero-order valence-electron chi connectivity index (χ0n) is 15.5. The SMILES string of the molecule is CCS(=O)(=O)c1cccc(NC(=O)CCc2ncc(-c3ccc(F)cc3F)o2)c1. The third-order valence-electron chi connectivity index (χ3n) is 4.17. The molecule has 3 rings (SSSR count). The molecule has 0 fully saturated rings. The van der Waals surface area contributed by atoms with Gasteiger partial charge in [0, 0.05) is 24.6 Å². The molecule has 1 heterocycles. The number of rotatable bonds is 7. The Morgan fingerprint density at radius 1 is 1.17 bits per heavy atom. The molecular formula is C20H18F2N2O4S. The van der Waals surface area contributed by atoms with Crippen LogP contribution >= 0.6 is 0 Å². The van der Waals surface area contributed by atoms with E-state index in [4.69, 9.17) is 4.42 Å². The molecule has 3 aromatic rings. The molecule has 1 amide bonds. The first-order valence-electron chi connectivity index (χ1n) is 8.81. The van der Waals surface area contributed by atoms with Crippen LogP contribution in [-0.4, -0.2) is 25.1 Å². The number of anilines is 1. The lowest BCUT2D eigenvalue weighted by atomic mass is 10.2. The molecular weight excluding hydrogens is 402 g/mol. The fourth-order valence-corrected chi connectivity index (χ4v) is 3.54. The lowest BCUT2D eigenvalue weighted by Gasteiger charge is -2.07. The van der Waals surface area contributed by atoms with Gasteiger partial charge in [0.05, 0.1) is 22.4 Å². The number of nitrogens with zero attached hydrogens (tertiary/aromatic N) is 1. The highest BCUT2D eigenvalue weighted by Gasteiger charge is 2.14. The predicted octanol–water partition coefficient (Wildman–Crippen LogP) is 3.98. The highest BCUT2D eigenvalue weighted by molar-refractivity contribution is 7.91. The second-order valence-electron chi connectivity index (χ2n) is 6.22. The number of halogens is 2. The van der Waals surface area contributed by atoms with E-state index >= 15 is 0 Å². The second-order valence-corrected chi connectivity index (χ2v) is 8.50. The van der Waals surface area contributed by atoms with Crippen molar-refractivity contribution in [3.63, 3.8) is 0 Å². The van der Waals surface area contributed by atoms with Crippen molar-refractivity contribution in [1.82, 2.24) is 4.98 Å². The minimum absolute atomic E-state index is 0.0244. The molecule has 0 aliphatic carbocycles. The monoisotopic (exact) mass is 420 g/mol. The predicted molar refractivity (Wildman–Crippen MR) is 103 cm³/mol. The van der Waals surface area contributed by atoms with Gasteiger partial charge in [-0.2, -0.15) is 0 Å². The van der Waals surface area contributed by atoms with E-state index in [0.29, 0.717) is 5.69 Å². The molecule has 0 saturated carbocycles. The molecule has 152 valence electrons. The van der Waals surface area contributed by atoms with Crippen LogP contribution in [0.5, 0.6) is 0 Å². The summed E-state index contributed by atoms with van der Waals surface area (Å²) in [7, 11) is -3.37. The molecule has 9 heteroatoms. The Bertz CT molecular complexity index is 1140. The fraction of sp³-hybridized carbons (Fsp3) is 0.200. The van der Waals surface area contributed by atoms with Crippen LogP contribution in [0.25, 0.3) is 11.3 Å². The van der Waals surface area contributed by atoms with Gasteiger partial charge in [0.25, 0.3) is 0 Å². The summed E-state index contributed by atoms with van der Waals surface area (Å²) in [4.78, 5) is 16.3. The summed E-state index contributed by atoms with van der Waals surface area (Å²) in [5, 5.41) is 2.63. The van der Waals surface area contributed by atoms with E-state index in [1.54, 1.807) is 19.1 Å². The number of hydrogen-bond acceptors (Lipinski definition) is 5. The molecule has 1 aromatic heterocycles. The largest absolute Gasteiger partial charge is 0.441 e. The lowest BCUT2D eigenvalue weighted by molar-refractivity contribution is -0.116. The molecule has 0 spiro atoms. The number of benzene rings is 2. The normalized spacial score (nSPS) is 11.4. The molecule has 0 saturated heterocycles. The van der Waals surface area contributed by atoms with Gasteiger partial charge in [0.2, 0.25) is 5.91 Å². The summed E-state index contributed by atoms with van der Waals surface area (Å²) in [6.45, 7) is 1.54. The van der Waals surface area contributed by atoms with Crippen molar-refractivity contribution in [2.24, 2.45) is 0 Å². The lowest BCUT2D eigenvalue weighted by Crippen LogP contribution is -2.13. The van der Waals surface area contributed by atoms with Gasteiger partial charge in [-0.05, 0) is 30.3 Å². The Labute approximate surface area is 166 Å². The number of aryl methyl sites for hydroxylation is 1. The zero-order chi connectivity index (χ0) is 21.0. The third kappa shape index (κ3) is 5.05. The van der Waals surface area contributed by atoms with Crippen LogP contribution in [0.1, 0.15) is 19.2 Å². The van der Waals surface area contributed by atoms with Gasteiger partial charge in [-0.25, -0.2) is 22.2 Å². The second kappa shape index (κ2) is 8.52. The standard InChI is InChI=1S/C20H18F2N2O4S/c1-2-29(26,27)15-5-3-4-14(11-15)24-19(25)8-9-20-23-12-18(28-20)16-7-6-13(21)10-17(16)22/h3-7,10-12H,2,8-9H2,1H3,(H,24,25). The first-order valence-corrected chi connectivity index (χ1v) is 10.5. The maximum atomic E-state index is 13.8. The minimum atomic E-state index is -3.37. The number of nitrogens with one attached hydrogen (secondary N) is 1. The highest BCUT2D eigenvalue weighted by atomic mass is 32.2. The molecule has 29 heavy (non-hydrogen) atoms. The quantitative estimate of drug-likeness (QED) is 0.624. The van der Waals surface area contributed by atoms with Gasteiger partial charge in [0.1, 0.15) is 11.6 Å². The number of aromatic nitrogens is 1. The van der Waals surface area contributed by atoms with Crippen LogP contribution in [0.3, 0.4) is 0 Å². The van der Waals surface area contributed by atoms with Crippen molar-refractivity contribution >= 4 is 21.4 Å². The minimum Gasteiger partial charge on any atom is -0.441 e. The first kappa shape index (κ1) is 20.7. The fourth-order valence-electron chi connectivity index (χ4n) is 2.62. The van der Waals surface area contributed by atoms with E-state index in [9.17, 15) is 22.0 Å². The number of carbonyl (C=O) groups is 1. The highest BCUT2D eigenvalue weighted by Crippen LogP contribution is 2.24. The van der Waals surface area contributed by atoms with Crippen LogP contribution in [0.2, 0.25) is 0 Å². The van der Waals surface area contributed by atoms with Crippen molar-refractivity contribution in [3.05, 3.63) is 66.2 Å². The smallest absolute Gasteiger partial charge is 0.224 e. The Kier molecular flexibility index (Phi) is 6.07. The van der Waals surface area contributed by atoms with E-state index in [1.165, 1.54) is 24.4 Å². The van der Waals surface area contributed by atoms with Gasteiger partial charge in [-0.15, -0.1) is 0 Å². The van der Waals surface area contributed by atoms with E-state index < -0.39 is 21.5 Å². The average Bonchev–Trinajstić information content (AvgIpc) is 3.15. The van der Waals surface area contributed by atoms with Crippen LogP contribution in [0.15, 0.2) is 58.0 Å². The Morgan fingerprint density at radius 3 is 2.69 bits per heavy atom. The molecule has 0 bridgehead atoms. The Morgan fingerprint density at radius 2 is 1.97 bits per heavy atom. The van der Waals surface area contributed by atoms with Crippen molar-refractivity contribution in [2.45, 2.75) is 24.7 Å². The van der Waals surface area contributed by atoms with Crippen molar-refractivity contribution in [2.75, 3.05) is 11.1 Å². The van der Waals surface area contributed by atoms with Gasteiger partial charge < -0.3 is 9.73 Å². The van der Waals surface area contributed by atoms with Gasteiger partial charge in [-0.3, -0.25) is 4.79 Å². The molecule has 6 nitrogen and oxygen atoms in total. The molecule has 0 aliphatic rings. The first-order chi connectivity index (χ1) is 13.8.